The van der Waals surface area contributed by atoms with Crippen LogP contribution in [0.15, 0.2) is 66.0 Å². The molecule has 1 aliphatic rings. The van der Waals surface area contributed by atoms with Gasteiger partial charge in [0.1, 0.15) is 11.4 Å². The van der Waals surface area contributed by atoms with E-state index in [4.69, 9.17) is 14.7 Å². The molecule has 0 atom stereocenters. The third-order valence-corrected chi connectivity index (χ3v) is 6.77. The van der Waals surface area contributed by atoms with Gasteiger partial charge in [-0.05, 0) is 66.5 Å². The van der Waals surface area contributed by atoms with Gasteiger partial charge >= 0.3 is 0 Å². The molecule has 0 fully saturated rings. The summed E-state index contributed by atoms with van der Waals surface area (Å²) in [7, 11) is 1.68. The van der Waals surface area contributed by atoms with Crippen LogP contribution < -0.4 is 10.1 Å². The van der Waals surface area contributed by atoms with Crippen LogP contribution in [-0.4, -0.2) is 23.0 Å². The largest absolute Gasteiger partial charge is 0.497 e. The molecule has 0 radical (unpaired) electrons. The normalized spacial score (nSPS) is 12.0. The van der Waals surface area contributed by atoms with E-state index in [0.29, 0.717) is 12.2 Å². The molecule has 2 aromatic heterocycles. The number of ether oxygens (including phenoxy) is 1. The Bertz CT molecular complexity index is 1270. The van der Waals surface area contributed by atoms with E-state index in [1.54, 1.807) is 18.4 Å². The van der Waals surface area contributed by atoms with E-state index in [1.807, 2.05) is 41.8 Å². The molecular weight excluding hydrogens is 430 g/mol. The number of carbonyl (C=O) groups excluding carboxylic acids is 1. The van der Waals surface area contributed by atoms with Crippen LogP contribution >= 0.6 is 11.3 Å². The summed E-state index contributed by atoms with van der Waals surface area (Å²) in [4.78, 5) is 23.7. The highest BCUT2D eigenvalue weighted by Crippen LogP contribution is 2.38. The lowest BCUT2D eigenvalue weighted by atomic mass is 9.91. The van der Waals surface area contributed by atoms with Crippen molar-refractivity contribution in [3.05, 3.63) is 82.9 Å². The highest BCUT2D eigenvalue weighted by Gasteiger charge is 2.23. The molecule has 0 bridgehead atoms. The molecule has 6 heteroatoms. The molecule has 2 aromatic carbocycles. The van der Waals surface area contributed by atoms with Gasteiger partial charge in [0.15, 0.2) is 5.82 Å². The van der Waals surface area contributed by atoms with E-state index >= 15 is 0 Å². The van der Waals surface area contributed by atoms with Crippen molar-refractivity contribution in [2.45, 2.75) is 32.1 Å². The number of hydrogen-bond acceptors (Lipinski definition) is 5. The average Bonchev–Trinajstić information content (AvgIpc) is 3.38. The second kappa shape index (κ2) is 9.55. The predicted molar refractivity (Wildman–Crippen MR) is 133 cm³/mol. The van der Waals surface area contributed by atoms with Crippen LogP contribution in [0.2, 0.25) is 0 Å². The maximum atomic E-state index is 12.8. The van der Waals surface area contributed by atoms with Gasteiger partial charge in [-0.3, -0.25) is 4.79 Å². The Morgan fingerprint density at radius 2 is 1.91 bits per heavy atom. The summed E-state index contributed by atoms with van der Waals surface area (Å²) in [5, 5.41) is 5.07. The number of carbonyl (C=O) groups is 1. The zero-order valence-electron chi connectivity index (χ0n) is 18.5. The van der Waals surface area contributed by atoms with E-state index in [9.17, 15) is 4.79 Å². The van der Waals surface area contributed by atoms with Gasteiger partial charge in [0, 0.05) is 12.0 Å². The summed E-state index contributed by atoms with van der Waals surface area (Å²) in [5.41, 5.74) is 6.09. The van der Waals surface area contributed by atoms with Crippen molar-refractivity contribution in [1.29, 1.82) is 0 Å². The smallest absolute Gasteiger partial charge is 0.225 e. The van der Waals surface area contributed by atoms with E-state index < -0.39 is 0 Å². The zero-order chi connectivity index (χ0) is 22.6. The highest BCUT2D eigenvalue weighted by molar-refractivity contribution is 7.13. The Balaban J connectivity index is 1.41. The number of fused-ring (bicyclic) bond motifs is 3. The van der Waals surface area contributed by atoms with Crippen LogP contribution in [0.3, 0.4) is 0 Å². The molecule has 5 nitrogen and oxygen atoms in total. The van der Waals surface area contributed by atoms with E-state index in [1.165, 1.54) is 11.1 Å². The predicted octanol–water partition coefficient (Wildman–Crippen LogP) is 5.94. The number of rotatable bonds is 7. The van der Waals surface area contributed by atoms with Crippen molar-refractivity contribution in [3.63, 3.8) is 0 Å². The first-order chi connectivity index (χ1) is 16.2. The van der Waals surface area contributed by atoms with Crippen molar-refractivity contribution in [2.75, 3.05) is 12.4 Å². The van der Waals surface area contributed by atoms with Crippen LogP contribution in [0.5, 0.6) is 5.75 Å². The van der Waals surface area contributed by atoms with Crippen molar-refractivity contribution >= 4 is 23.1 Å². The summed E-state index contributed by atoms with van der Waals surface area (Å²) < 4.78 is 5.39. The SMILES string of the molecule is COc1ccc2c(c1)CCc1nc(NC(=O)CCCc3ccccc3)c(-c3cccs3)nc1-2. The second-order valence-corrected chi connectivity index (χ2v) is 9.05. The summed E-state index contributed by atoms with van der Waals surface area (Å²) in [6.45, 7) is 0. The minimum absolute atomic E-state index is 0.0288. The van der Waals surface area contributed by atoms with Crippen LogP contribution in [0.4, 0.5) is 5.82 Å². The lowest BCUT2D eigenvalue weighted by Crippen LogP contribution is -2.17. The van der Waals surface area contributed by atoms with Gasteiger partial charge < -0.3 is 10.1 Å². The molecule has 0 aliphatic heterocycles. The van der Waals surface area contributed by atoms with Gasteiger partial charge in [-0.15, -0.1) is 11.3 Å². The number of aromatic nitrogens is 2. The number of hydrogen-bond donors (Lipinski definition) is 1. The molecule has 33 heavy (non-hydrogen) atoms. The van der Waals surface area contributed by atoms with Crippen molar-refractivity contribution in [1.82, 2.24) is 9.97 Å². The Hall–Kier alpha value is -3.51. The molecule has 1 N–H and O–H groups in total. The first-order valence-corrected chi connectivity index (χ1v) is 12.0. The number of anilines is 1. The molecule has 1 amide bonds. The van der Waals surface area contributed by atoms with Gasteiger partial charge in [0.25, 0.3) is 0 Å². The molecule has 0 saturated heterocycles. The molecule has 4 aromatic rings. The summed E-state index contributed by atoms with van der Waals surface area (Å²) in [5.74, 6) is 1.37. The van der Waals surface area contributed by atoms with E-state index in [2.05, 4.69) is 29.6 Å². The van der Waals surface area contributed by atoms with Crippen LogP contribution in [-0.2, 0) is 24.1 Å². The number of benzene rings is 2. The van der Waals surface area contributed by atoms with E-state index in [-0.39, 0.29) is 5.91 Å². The van der Waals surface area contributed by atoms with Gasteiger partial charge in [-0.1, -0.05) is 36.4 Å². The lowest BCUT2D eigenvalue weighted by Gasteiger charge is -2.21. The monoisotopic (exact) mass is 455 g/mol. The number of methoxy groups -OCH3 is 1. The number of aryl methyl sites for hydroxylation is 3. The van der Waals surface area contributed by atoms with Gasteiger partial charge in [0.05, 0.1) is 23.4 Å². The average molecular weight is 456 g/mol. The molecule has 2 heterocycles. The number of nitrogens with one attached hydrogen (secondary N) is 1. The molecule has 166 valence electrons. The Kier molecular flexibility index (Phi) is 6.17. The first-order valence-electron chi connectivity index (χ1n) is 11.2. The maximum absolute atomic E-state index is 12.8. The molecule has 1 aliphatic carbocycles. The summed E-state index contributed by atoms with van der Waals surface area (Å²) in [6.07, 6.45) is 3.77. The summed E-state index contributed by atoms with van der Waals surface area (Å²) >= 11 is 1.60. The minimum Gasteiger partial charge on any atom is -0.497 e. The topological polar surface area (TPSA) is 64.1 Å². The molecule has 0 saturated carbocycles. The summed E-state index contributed by atoms with van der Waals surface area (Å²) in [6, 6.07) is 20.3. The minimum atomic E-state index is -0.0288. The van der Waals surface area contributed by atoms with Crippen LogP contribution in [0.1, 0.15) is 29.7 Å². The van der Waals surface area contributed by atoms with E-state index in [0.717, 1.165) is 59.0 Å². The van der Waals surface area contributed by atoms with Crippen LogP contribution in [0, 0.1) is 0 Å². The zero-order valence-corrected chi connectivity index (χ0v) is 19.3. The maximum Gasteiger partial charge on any atom is 0.225 e. The van der Waals surface area contributed by atoms with Crippen molar-refractivity contribution in [3.8, 4) is 27.6 Å². The number of nitrogens with zero attached hydrogens (tertiary/aromatic N) is 2. The highest BCUT2D eigenvalue weighted by atomic mass is 32.1. The molecule has 0 spiro atoms. The second-order valence-electron chi connectivity index (χ2n) is 8.10. The fraction of sp³-hybridized carbons (Fsp3) is 0.222. The number of thiophene rings is 1. The Morgan fingerprint density at radius 1 is 1.03 bits per heavy atom. The fourth-order valence-corrected chi connectivity index (χ4v) is 4.93. The quantitative estimate of drug-likeness (QED) is 0.375. The molecule has 5 rings (SSSR count). The van der Waals surface area contributed by atoms with Gasteiger partial charge in [0.2, 0.25) is 5.91 Å². The van der Waals surface area contributed by atoms with Crippen LogP contribution in [0.25, 0.3) is 21.8 Å². The Labute approximate surface area is 197 Å². The van der Waals surface area contributed by atoms with Crippen molar-refractivity contribution < 1.29 is 9.53 Å². The Morgan fingerprint density at radius 3 is 2.70 bits per heavy atom. The van der Waals surface area contributed by atoms with Gasteiger partial charge in [-0.2, -0.15) is 0 Å². The lowest BCUT2D eigenvalue weighted by molar-refractivity contribution is -0.116. The first kappa shape index (κ1) is 21.3. The third kappa shape index (κ3) is 4.66. The molecular formula is C27H25N3O2S. The third-order valence-electron chi connectivity index (χ3n) is 5.89. The van der Waals surface area contributed by atoms with Gasteiger partial charge in [-0.25, -0.2) is 9.97 Å². The number of amides is 1. The van der Waals surface area contributed by atoms with Crippen molar-refractivity contribution in [2.24, 2.45) is 0 Å². The molecule has 0 unspecified atom stereocenters. The fourth-order valence-electron chi connectivity index (χ4n) is 4.21. The standard InChI is InChI=1S/C27H25N3O2S/c1-32-20-13-14-21-19(17-20)12-15-22-25(21)30-26(23-10-6-16-33-23)27(28-22)29-24(31)11-5-9-18-7-3-2-4-8-18/h2-4,6-8,10,13-14,16-17H,5,9,11-12,15H2,1H3,(H,28,29,31).